The van der Waals surface area contributed by atoms with Gasteiger partial charge in [0.15, 0.2) is 0 Å². The molecule has 1 unspecified atom stereocenters. The molecule has 2 N–H and O–H groups in total. The Morgan fingerprint density at radius 2 is 2.10 bits per heavy atom. The monoisotopic (exact) mass is 287 g/mol. The van der Waals surface area contributed by atoms with Crippen LogP contribution in [0.4, 0.5) is 0 Å². The van der Waals surface area contributed by atoms with Crippen molar-refractivity contribution in [2.45, 2.75) is 18.9 Å². The van der Waals surface area contributed by atoms with Gasteiger partial charge in [0.1, 0.15) is 18.2 Å². The van der Waals surface area contributed by atoms with Gasteiger partial charge in [0.05, 0.1) is 24.5 Å². The van der Waals surface area contributed by atoms with Crippen molar-refractivity contribution in [3.8, 4) is 17.0 Å². The number of aromatic nitrogens is 2. The van der Waals surface area contributed by atoms with Gasteiger partial charge < -0.3 is 19.8 Å². The lowest BCUT2D eigenvalue weighted by Gasteiger charge is -2.07. The van der Waals surface area contributed by atoms with Gasteiger partial charge in [-0.1, -0.05) is 0 Å². The standard InChI is InChI=1S/C16H21N3O2/c1-20-9-10-21-13-6-4-12(5-7-13)15-11-18-16(19-15)14-3-2-8-17-14/h4-7,11,14,17H,2-3,8-10H2,1H3,(H,18,19). The molecule has 0 saturated carbocycles. The summed E-state index contributed by atoms with van der Waals surface area (Å²) in [6.07, 6.45) is 4.27. The average molecular weight is 287 g/mol. The van der Waals surface area contributed by atoms with Gasteiger partial charge in [0.25, 0.3) is 0 Å². The SMILES string of the molecule is COCCOc1ccc(-c2cnc(C3CCCN3)[nH]2)cc1. The number of aromatic amines is 1. The van der Waals surface area contributed by atoms with Gasteiger partial charge in [-0.15, -0.1) is 0 Å². The van der Waals surface area contributed by atoms with Crippen molar-refractivity contribution in [1.82, 2.24) is 15.3 Å². The predicted octanol–water partition coefficient (Wildman–Crippen LogP) is 2.53. The summed E-state index contributed by atoms with van der Waals surface area (Å²) in [6, 6.07) is 8.40. The molecule has 2 heterocycles. The minimum absolute atomic E-state index is 0.371. The van der Waals surface area contributed by atoms with Gasteiger partial charge >= 0.3 is 0 Å². The Balaban J connectivity index is 1.66. The first-order chi connectivity index (χ1) is 10.4. The quantitative estimate of drug-likeness (QED) is 0.802. The molecule has 0 radical (unpaired) electrons. The molecule has 2 aromatic rings. The van der Waals surface area contributed by atoms with E-state index in [4.69, 9.17) is 9.47 Å². The van der Waals surface area contributed by atoms with Crippen LogP contribution in [-0.4, -0.2) is 36.8 Å². The maximum Gasteiger partial charge on any atom is 0.123 e. The van der Waals surface area contributed by atoms with E-state index in [2.05, 4.69) is 15.3 Å². The van der Waals surface area contributed by atoms with Crippen LogP contribution in [0.15, 0.2) is 30.5 Å². The number of nitrogens with zero attached hydrogens (tertiary/aromatic N) is 1. The fraction of sp³-hybridized carbons (Fsp3) is 0.438. The Labute approximate surface area is 124 Å². The molecule has 5 nitrogen and oxygen atoms in total. The molecule has 0 amide bonds. The number of H-pyrrole nitrogens is 1. The Morgan fingerprint density at radius 1 is 1.24 bits per heavy atom. The number of imidazole rings is 1. The summed E-state index contributed by atoms with van der Waals surface area (Å²) in [4.78, 5) is 7.90. The van der Waals surface area contributed by atoms with E-state index in [0.717, 1.165) is 35.8 Å². The first-order valence-electron chi connectivity index (χ1n) is 7.37. The largest absolute Gasteiger partial charge is 0.491 e. The van der Waals surface area contributed by atoms with Crippen molar-refractivity contribution >= 4 is 0 Å². The summed E-state index contributed by atoms with van der Waals surface area (Å²) >= 11 is 0. The molecule has 0 bridgehead atoms. The number of rotatable bonds is 6. The number of hydrogen-bond acceptors (Lipinski definition) is 4. The molecule has 1 aliphatic heterocycles. The zero-order valence-corrected chi connectivity index (χ0v) is 12.3. The third-order valence-electron chi connectivity index (χ3n) is 3.71. The van der Waals surface area contributed by atoms with E-state index in [-0.39, 0.29) is 0 Å². The lowest BCUT2D eigenvalue weighted by Crippen LogP contribution is -2.14. The van der Waals surface area contributed by atoms with Crippen LogP contribution in [0.2, 0.25) is 0 Å². The van der Waals surface area contributed by atoms with Crippen LogP contribution in [0.5, 0.6) is 5.75 Å². The van der Waals surface area contributed by atoms with Crippen molar-refractivity contribution in [3.05, 3.63) is 36.3 Å². The summed E-state index contributed by atoms with van der Waals surface area (Å²) in [5.74, 6) is 1.89. The van der Waals surface area contributed by atoms with Gasteiger partial charge in [0.2, 0.25) is 0 Å². The molecule has 112 valence electrons. The highest BCUT2D eigenvalue weighted by Crippen LogP contribution is 2.25. The Bertz CT molecular complexity index is 559. The van der Waals surface area contributed by atoms with Crippen LogP contribution < -0.4 is 10.1 Å². The van der Waals surface area contributed by atoms with E-state index in [1.807, 2.05) is 30.5 Å². The second-order valence-electron chi connectivity index (χ2n) is 5.20. The van der Waals surface area contributed by atoms with E-state index in [1.165, 1.54) is 6.42 Å². The molecular weight excluding hydrogens is 266 g/mol. The lowest BCUT2D eigenvalue weighted by atomic mass is 10.1. The van der Waals surface area contributed by atoms with E-state index >= 15 is 0 Å². The maximum absolute atomic E-state index is 5.56. The molecule has 21 heavy (non-hydrogen) atoms. The van der Waals surface area contributed by atoms with Gasteiger partial charge in [-0.3, -0.25) is 0 Å². The van der Waals surface area contributed by atoms with E-state index in [1.54, 1.807) is 7.11 Å². The smallest absolute Gasteiger partial charge is 0.123 e. The predicted molar refractivity (Wildman–Crippen MR) is 81.4 cm³/mol. The molecule has 0 aliphatic carbocycles. The van der Waals surface area contributed by atoms with Crippen molar-refractivity contribution in [1.29, 1.82) is 0 Å². The average Bonchev–Trinajstić information content (AvgIpc) is 3.19. The maximum atomic E-state index is 5.56. The summed E-state index contributed by atoms with van der Waals surface area (Å²) < 4.78 is 10.5. The van der Waals surface area contributed by atoms with Crippen LogP contribution in [0.25, 0.3) is 11.3 Å². The third-order valence-corrected chi connectivity index (χ3v) is 3.71. The summed E-state index contributed by atoms with van der Waals surface area (Å²) in [6.45, 7) is 2.24. The fourth-order valence-corrected chi connectivity index (χ4v) is 2.55. The first-order valence-corrected chi connectivity index (χ1v) is 7.37. The zero-order chi connectivity index (χ0) is 14.5. The summed E-state index contributed by atoms with van der Waals surface area (Å²) in [7, 11) is 1.67. The minimum Gasteiger partial charge on any atom is -0.491 e. The van der Waals surface area contributed by atoms with E-state index < -0.39 is 0 Å². The normalized spacial score (nSPS) is 18.0. The number of benzene rings is 1. The molecule has 1 atom stereocenters. The molecule has 1 saturated heterocycles. The second-order valence-corrected chi connectivity index (χ2v) is 5.20. The molecule has 3 rings (SSSR count). The third kappa shape index (κ3) is 3.43. The molecule has 1 aromatic carbocycles. The molecule has 0 spiro atoms. The van der Waals surface area contributed by atoms with E-state index in [0.29, 0.717) is 19.3 Å². The first kappa shape index (κ1) is 14.1. The second kappa shape index (κ2) is 6.74. The number of ether oxygens (including phenoxy) is 2. The minimum atomic E-state index is 0.371. The fourth-order valence-electron chi connectivity index (χ4n) is 2.55. The lowest BCUT2D eigenvalue weighted by molar-refractivity contribution is 0.146. The Morgan fingerprint density at radius 3 is 2.81 bits per heavy atom. The highest BCUT2D eigenvalue weighted by molar-refractivity contribution is 5.59. The highest BCUT2D eigenvalue weighted by atomic mass is 16.5. The van der Waals surface area contributed by atoms with Crippen LogP contribution in [0.1, 0.15) is 24.7 Å². The number of methoxy groups -OCH3 is 1. The van der Waals surface area contributed by atoms with Crippen LogP contribution >= 0.6 is 0 Å². The number of hydrogen-bond donors (Lipinski definition) is 2. The summed E-state index contributed by atoms with van der Waals surface area (Å²) in [5, 5.41) is 3.45. The number of nitrogens with one attached hydrogen (secondary N) is 2. The Hall–Kier alpha value is -1.85. The van der Waals surface area contributed by atoms with Crippen LogP contribution in [-0.2, 0) is 4.74 Å². The highest BCUT2D eigenvalue weighted by Gasteiger charge is 2.19. The van der Waals surface area contributed by atoms with Crippen molar-refractivity contribution in [3.63, 3.8) is 0 Å². The molecular formula is C16H21N3O2. The molecule has 1 aliphatic rings. The van der Waals surface area contributed by atoms with Crippen molar-refractivity contribution < 1.29 is 9.47 Å². The zero-order valence-electron chi connectivity index (χ0n) is 12.3. The molecule has 1 fully saturated rings. The van der Waals surface area contributed by atoms with Crippen LogP contribution in [0.3, 0.4) is 0 Å². The van der Waals surface area contributed by atoms with Gasteiger partial charge in [-0.05, 0) is 49.2 Å². The van der Waals surface area contributed by atoms with Crippen LogP contribution in [0, 0.1) is 0 Å². The van der Waals surface area contributed by atoms with Crippen molar-refractivity contribution in [2.75, 3.05) is 26.9 Å². The topological polar surface area (TPSA) is 59.2 Å². The van der Waals surface area contributed by atoms with Crippen molar-refractivity contribution in [2.24, 2.45) is 0 Å². The van der Waals surface area contributed by atoms with Gasteiger partial charge in [-0.2, -0.15) is 0 Å². The molecule has 1 aromatic heterocycles. The van der Waals surface area contributed by atoms with Gasteiger partial charge in [-0.25, -0.2) is 4.98 Å². The van der Waals surface area contributed by atoms with Gasteiger partial charge in [0, 0.05) is 7.11 Å². The Kier molecular flexibility index (Phi) is 4.52. The van der Waals surface area contributed by atoms with E-state index in [9.17, 15) is 0 Å². The summed E-state index contributed by atoms with van der Waals surface area (Å²) in [5.41, 5.74) is 2.16. The molecule has 5 heteroatoms.